The van der Waals surface area contributed by atoms with E-state index in [0.717, 1.165) is 30.7 Å². The van der Waals surface area contributed by atoms with Crippen molar-refractivity contribution in [1.82, 2.24) is 5.32 Å². The highest BCUT2D eigenvalue weighted by atomic mass is 16.3. The Morgan fingerprint density at radius 1 is 1.33 bits per heavy atom. The Labute approximate surface area is 126 Å². The van der Waals surface area contributed by atoms with Gasteiger partial charge in [-0.3, -0.25) is 0 Å². The highest BCUT2D eigenvalue weighted by Crippen LogP contribution is 2.48. The second kappa shape index (κ2) is 5.82. The lowest BCUT2D eigenvalue weighted by atomic mass is 10.0. The van der Waals surface area contributed by atoms with Crippen LogP contribution >= 0.6 is 0 Å². The molecule has 1 aromatic heterocycles. The van der Waals surface area contributed by atoms with Crippen molar-refractivity contribution in [2.24, 2.45) is 5.41 Å². The summed E-state index contributed by atoms with van der Waals surface area (Å²) in [6, 6.07) is 8.48. The highest BCUT2D eigenvalue weighted by Gasteiger charge is 2.41. The first kappa shape index (κ1) is 14.6. The predicted octanol–water partition coefficient (Wildman–Crippen LogP) is 3.81. The van der Waals surface area contributed by atoms with E-state index in [2.05, 4.69) is 31.3 Å². The molecule has 21 heavy (non-hydrogen) atoms. The van der Waals surface area contributed by atoms with Crippen molar-refractivity contribution in [2.45, 2.75) is 45.6 Å². The summed E-state index contributed by atoms with van der Waals surface area (Å²) in [5.74, 6) is 1.07. The van der Waals surface area contributed by atoms with Gasteiger partial charge in [-0.25, -0.2) is 0 Å². The summed E-state index contributed by atoms with van der Waals surface area (Å²) in [6.07, 6.45) is 4.36. The van der Waals surface area contributed by atoms with Crippen molar-refractivity contribution in [3.8, 4) is 0 Å². The standard InChI is InChI=1S/C18H25NO2/c1-3-14-15-6-4-5-7-16(15)21-17(14)13(2)19-12-18(8-9-18)10-11-20/h4-7,13,19-20H,3,8-12H2,1-2H3. The summed E-state index contributed by atoms with van der Waals surface area (Å²) in [6.45, 7) is 5.61. The van der Waals surface area contributed by atoms with Crippen LogP contribution in [0.25, 0.3) is 11.0 Å². The molecule has 1 unspecified atom stereocenters. The maximum Gasteiger partial charge on any atom is 0.134 e. The monoisotopic (exact) mass is 287 g/mol. The lowest BCUT2D eigenvalue weighted by molar-refractivity contribution is 0.241. The summed E-state index contributed by atoms with van der Waals surface area (Å²) in [5, 5.41) is 14.0. The topological polar surface area (TPSA) is 45.4 Å². The lowest BCUT2D eigenvalue weighted by Gasteiger charge is -2.19. The van der Waals surface area contributed by atoms with E-state index >= 15 is 0 Å². The second-order valence-electron chi connectivity index (χ2n) is 6.37. The fourth-order valence-corrected chi connectivity index (χ4v) is 3.22. The van der Waals surface area contributed by atoms with Gasteiger partial charge in [-0.05, 0) is 44.1 Å². The number of benzene rings is 1. The number of nitrogens with one attached hydrogen (secondary N) is 1. The molecule has 1 atom stereocenters. The Bertz CT molecular complexity index is 613. The number of fused-ring (bicyclic) bond motifs is 1. The van der Waals surface area contributed by atoms with E-state index in [1.165, 1.54) is 23.8 Å². The molecule has 0 spiro atoms. The number of aliphatic hydroxyl groups is 1. The number of aryl methyl sites for hydroxylation is 1. The SMILES string of the molecule is CCc1c(C(C)NCC2(CCO)CC2)oc2ccccc12. The van der Waals surface area contributed by atoms with E-state index in [4.69, 9.17) is 9.52 Å². The summed E-state index contributed by atoms with van der Waals surface area (Å²) in [5.41, 5.74) is 2.63. The van der Waals surface area contributed by atoms with Crippen LogP contribution in [0.3, 0.4) is 0 Å². The fraction of sp³-hybridized carbons (Fsp3) is 0.556. The second-order valence-corrected chi connectivity index (χ2v) is 6.37. The number of hydrogen-bond donors (Lipinski definition) is 2. The molecule has 1 fully saturated rings. The average molecular weight is 287 g/mol. The van der Waals surface area contributed by atoms with Crippen LogP contribution in [0.15, 0.2) is 28.7 Å². The van der Waals surface area contributed by atoms with Gasteiger partial charge in [0.25, 0.3) is 0 Å². The molecule has 3 heteroatoms. The number of hydrogen-bond acceptors (Lipinski definition) is 3. The summed E-state index contributed by atoms with van der Waals surface area (Å²) in [4.78, 5) is 0. The van der Waals surface area contributed by atoms with Crippen LogP contribution in [-0.2, 0) is 6.42 Å². The molecule has 1 aliphatic rings. The normalized spacial score (nSPS) is 18.0. The molecule has 114 valence electrons. The third kappa shape index (κ3) is 2.85. The molecule has 0 aliphatic heterocycles. The van der Waals surface area contributed by atoms with E-state index in [-0.39, 0.29) is 6.04 Å². The van der Waals surface area contributed by atoms with Crippen molar-refractivity contribution in [2.75, 3.05) is 13.2 Å². The lowest BCUT2D eigenvalue weighted by Crippen LogP contribution is -2.27. The van der Waals surface area contributed by atoms with Crippen molar-refractivity contribution < 1.29 is 9.52 Å². The molecular weight excluding hydrogens is 262 g/mol. The smallest absolute Gasteiger partial charge is 0.134 e. The van der Waals surface area contributed by atoms with Crippen LogP contribution < -0.4 is 5.32 Å². The van der Waals surface area contributed by atoms with Crippen LogP contribution in [0, 0.1) is 5.41 Å². The fourth-order valence-electron chi connectivity index (χ4n) is 3.22. The van der Waals surface area contributed by atoms with Gasteiger partial charge in [-0.2, -0.15) is 0 Å². The van der Waals surface area contributed by atoms with Gasteiger partial charge >= 0.3 is 0 Å². The van der Waals surface area contributed by atoms with E-state index in [0.29, 0.717) is 12.0 Å². The first-order valence-electron chi connectivity index (χ1n) is 8.03. The Morgan fingerprint density at radius 2 is 2.10 bits per heavy atom. The molecule has 2 N–H and O–H groups in total. The van der Waals surface area contributed by atoms with Crippen molar-refractivity contribution >= 4 is 11.0 Å². The third-order valence-electron chi connectivity index (χ3n) is 4.86. The van der Waals surface area contributed by atoms with Crippen LogP contribution in [0.1, 0.15) is 50.5 Å². The average Bonchev–Trinajstić information content (AvgIpc) is 3.16. The number of aliphatic hydroxyl groups excluding tert-OH is 1. The highest BCUT2D eigenvalue weighted by molar-refractivity contribution is 5.82. The van der Waals surface area contributed by atoms with E-state index in [9.17, 15) is 0 Å². The van der Waals surface area contributed by atoms with Gasteiger partial charge in [0.05, 0.1) is 6.04 Å². The van der Waals surface area contributed by atoms with Crippen LogP contribution in [0.2, 0.25) is 0 Å². The predicted molar refractivity (Wildman–Crippen MR) is 85.4 cm³/mol. The largest absolute Gasteiger partial charge is 0.459 e. The van der Waals surface area contributed by atoms with E-state index in [1.54, 1.807) is 0 Å². The summed E-state index contributed by atoms with van der Waals surface area (Å²) in [7, 11) is 0. The molecule has 1 aliphatic carbocycles. The molecule has 1 aromatic carbocycles. The molecule has 0 saturated heterocycles. The van der Waals surface area contributed by atoms with Crippen molar-refractivity contribution in [3.05, 3.63) is 35.6 Å². The van der Waals surface area contributed by atoms with E-state index < -0.39 is 0 Å². The number of para-hydroxylation sites is 1. The Morgan fingerprint density at radius 3 is 2.76 bits per heavy atom. The summed E-state index contributed by atoms with van der Waals surface area (Å²) >= 11 is 0. The number of furan rings is 1. The third-order valence-corrected chi connectivity index (χ3v) is 4.86. The van der Waals surface area contributed by atoms with Gasteiger partial charge in [0, 0.05) is 24.1 Å². The molecule has 2 aromatic rings. The van der Waals surface area contributed by atoms with E-state index in [1.807, 2.05) is 12.1 Å². The molecule has 0 amide bonds. The minimum absolute atomic E-state index is 0.212. The van der Waals surface area contributed by atoms with Crippen LogP contribution in [-0.4, -0.2) is 18.3 Å². The van der Waals surface area contributed by atoms with Crippen LogP contribution in [0.4, 0.5) is 0 Å². The van der Waals surface area contributed by atoms with Gasteiger partial charge < -0.3 is 14.8 Å². The first-order chi connectivity index (χ1) is 10.2. The minimum Gasteiger partial charge on any atom is -0.459 e. The minimum atomic E-state index is 0.212. The summed E-state index contributed by atoms with van der Waals surface area (Å²) < 4.78 is 6.09. The molecule has 3 nitrogen and oxygen atoms in total. The molecular formula is C18H25NO2. The maximum absolute atomic E-state index is 9.16. The van der Waals surface area contributed by atoms with Crippen molar-refractivity contribution in [1.29, 1.82) is 0 Å². The van der Waals surface area contributed by atoms with Gasteiger partial charge in [0.2, 0.25) is 0 Å². The molecule has 3 rings (SSSR count). The molecule has 0 bridgehead atoms. The number of rotatable bonds is 7. The zero-order chi connectivity index (χ0) is 14.9. The Kier molecular flexibility index (Phi) is 4.05. The Hall–Kier alpha value is -1.32. The maximum atomic E-state index is 9.16. The van der Waals surface area contributed by atoms with Gasteiger partial charge in [0.1, 0.15) is 11.3 Å². The quantitative estimate of drug-likeness (QED) is 0.814. The first-order valence-corrected chi connectivity index (χ1v) is 8.03. The van der Waals surface area contributed by atoms with Gasteiger partial charge in [-0.15, -0.1) is 0 Å². The molecule has 1 saturated carbocycles. The van der Waals surface area contributed by atoms with Crippen LogP contribution in [0.5, 0.6) is 0 Å². The van der Waals surface area contributed by atoms with Crippen molar-refractivity contribution in [3.63, 3.8) is 0 Å². The zero-order valence-corrected chi connectivity index (χ0v) is 13.0. The molecule has 0 radical (unpaired) electrons. The zero-order valence-electron chi connectivity index (χ0n) is 13.0. The molecule has 1 heterocycles. The van der Waals surface area contributed by atoms with Gasteiger partial charge in [-0.1, -0.05) is 25.1 Å². The van der Waals surface area contributed by atoms with Gasteiger partial charge in [0.15, 0.2) is 0 Å². The Balaban J connectivity index is 1.76.